The number of amidine groups is 1. The van der Waals surface area contributed by atoms with Crippen LogP contribution in [0.25, 0.3) is 0 Å². The van der Waals surface area contributed by atoms with E-state index in [1.54, 1.807) is 0 Å². The lowest BCUT2D eigenvalue weighted by atomic mass is 10.2. The minimum atomic E-state index is -4.60. The number of rotatable bonds is 2. The van der Waals surface area contributed by atoms with E-state index >= 15 is 0 Å². The SMILES string of the molecule is NC(CCl)=Nc1c(O)cc(C(F)(F)F)cc1Cl. The molecule has 0 aliphatic heterocycles. The van der Waals surface area contributed by atoms with Crippen LogP contribution in [0, 0.1) is 0 Å². The Morgan fingerprint density at radius 1 is 1.41 bits per heavy atom. The minimum Gasteiger partial charge on any atom is -0.506 e. The van der Waals surface area contributed by atoms with Gasteiger partial charge in [-0.2, -0.15) is 13.2 Å². The highest BCUT2D eigenvalue weighted by Gasteiger charge is 2.32. The molecule has 0 aliphatic carbocycles. The zero-order chi connectivity index (χ0) is 13.2. The molecule has 0 spiro atoms. The molecule has 17 heavy (non-hydrogen) atoms. The van der Waals surface area contributed by atoms with E-state index in [-0.39, 0.29) is 22.4 Å². The van der Waals surface area contributed by atoms with Crippen molar-refractivity contribution in [2.45, 2.75) is 6.18 Å². The number of aliphatic imine (C=N–C) groups is 1. The van der Waals surface area contributed by atoms with Crippen LogP contribution in [0.15, 0.2) is 17.1 Å². The number of nitrogens with two attached hydrogens (primary N) is 1. The van der Waals surface area contributed by atoms with Crippen LogP contribution in [0.4, 0.5) is 18.9 Å². The van der Waals surface area contributed by atoms with Crippen LogP contribution in [-0.4, -0.2) is 16.8 Å². The molecule has 0 bridgehead atoms. The third kappa shape index (κ3) is 3.41. The van der Waals surface area contributed by atoms with Gasteiger partial charge >= 0.3 is 6.18 Å². The zero-order valence-electron chi connectivity index (χ0n) is 8.22. The van der Waals surface area contributed by atoms with Crippen LogP contribution in [-0.2, 0) is 6.18 Å². The lowest BCUT2D eigenvalue weighted by molar-refractivity contribution is -0.137. The van der Waals surface area contributed by atoms with Crippen LogP contribution in [0.5, 0.6) is 5.75 Å². The first kappa shape index (κ1) is 13.9. The van der Waals surface area contributed by atoms with Crippen molar-refractivity contribution in [3.05, 3.63) is 22.7 Å². The number of benzene rings is 1. The Bertz CT molecular complexity index is 437. The third-order valence-electron chi connectivity index (χ3n) is 1.76. The predicted octanol–water partition coefficient (Wildman–Crippen LogP) is 3.29. The molecule has 1 aromatic rings. The van der Waals surface area contributed by atoms with Crippen molar-refractivity contribution in [3.8, 4) is 5.75 Å². The Kier molecular flexibility index (Phi) is 4.11. The largest absolute Gasteiger partial charge is 0.506 e. The maximum atomic E-state index is 12.4. The standard InChI is InChI=1S/C9H7Cl2F3N2O/c10-3-7(15)16-8-5(11)1-4(2-6(8)17)9(12,13)14/h1-2,17H,3H2,(H2,15,16). The molecule has 0 heterocycles. The summed E-state index contributed by atoms with van der Waals surface area (Å²) in [5.74, 6) is -0.905. The molecular weight excluding hydrogens is 280 g/mol. The van der Waals surface area contributed by atoms with Crippen LogP contribution in [0.1, 0.15) is 5.56 Å². The summed E-state index contributed by atoms with van der Waals surface area (Å²) in [5, 5.41) is 9.03. The van der Waals surface area contributed by atoms with Crippen molar-refractivity contribution < 1.29 is 18.3 Å². The van der Waals surface area contributed by atoms with Crippen LogP contribution >= 0.6 is 23.2 Å². The highest BCUT2D eigenvalue weighted by atomic mass is 35.5. The van der Waals surface area contributed by atoms with Gasteiger partial charge in [-0.15, -0.1) is 11.6 Å². The quantitative estimate of drug-likeness (QED) is 0.498. The number of phenolic OH excluding ortho intramolecular Hbond substituents is 1. The number of phenols is 1. The number of aromatic hydroxyl groups is 1. The van der Waals surface area contributed by atoms with Gasteiger partial charge in [0.15, 0.2) is 0 Å². The van der Waals surface area contributed by atoms with E-state index < -0.39 is 17.5 Å². The minimum absolute atomic E-state index is 0.0661. The molecule has 0 saturated heterocycles. The topological polar surface area (TPSA) is 58.6 Å². The van der Waals surface area contributed by atoms with Crippen molar-refractivity contribution in [2.75, 3.05) is 5.88 Å². The first-order chi connectivity index (χ1) is 7.75. The summed E-state index contributed by atoms with van der Waals surface area (Å²) in [6.07, 6.45) is -4.60. The molecule has 94 valence electrons. The molecule has 0 unspecified atom stereocenters. The molecule has 0 amide bonds. The van der Waals surface area contributed by atoms with Crippen molar-refractivity contribution in [1.29, 1.82) is 0 Å². The monoisotopic (exact) mass is 286 g/mol. The summed E-state index contributed by atoms with van der Waals surface area (Å²) in [5.41, 5.74) is 3.99. The second-order valence-corrected chi connectivity index (χ2v) is 3.73. The zero-order valence-corrected chi connectivity index (χ0v) is 9.74. The summed E-state index contributed by atoms with van der Waals surface area (Å²) in [4.78, 5) is 3.61. The van der Waals surface area contributed by atoms with Crippen LogP contribution in [0.3, 0.4) is 0 Å². The van der Waals surface area contributed by atoms with Crippen molar-refractivity contribution in [1.82, 2.24) is 0 Å². The van der Waals surface area contributed by atoms with Crippen molar-refractivity contribution in [2.24, 2.45) is 10.7 Å². The molecule has 3 N–H and O–H groups in total. The molecule has 1 rings (SSSR count). The van der Waals surface area contributed by atoms with Gasteiger partial charge in [0.1, 0.15) is 17.3 Å². The molecule has 1 aromatic carbocycles. The smallest absolute Gasteiger partial charge is 0.416 e. The van der Waals surface area contributed by atoms with Gasteiger partial charge in [0.25, 0.3) is 0 Å². The third-order valence-corrected chi connectivity index (χ3v) is 2.32. The summed E-state index contributed by atoms with van der Waals surface area (Å²) >= 11 is 10.9. The highest BCUT2D eigenvalue weighted by Crippen LogP contribution is 2.40. The maximum Gasteiger partial charge on any atom is 0.416 e. The number of hydrogen-bond acceptors (Lipinski definition) is 2. The fourth-order valence-electron chi connectivity index (χ4n) is 1.03. The molecule has 0 radical (unpaired) electrons. The van der Waals surface area contributed by atoms with E-state index in [0.717, 1.165) is 0 Å². The first-order valence-corrected chi connectivity index (χ1v) is 5.15. The van der Waals surface area contributed by atoms with E-state index in [9.17, 15) is 18.3 Å². The van der Waals surface area contributed by atoms with Gasteiger partial charge in [-0.1, -0.05) is 11.6 Å². The molecule has 3 nitrogen and oxygen atoms in total. The van der Waals surface area contributed by atoms with Crippen LogP contribution in [0.2, 0.25) is 5.02 Å². The van der Waals surface area contributed by atoms with Crippen molar-refractivity contribution >= 4 is 34.7 Å². The lowest BCUT2D eigenvalue weighted by Crippen LogP contribution is -2.12. The van der Waals surface area contributed by atoms with E-state index in [2.05, 4.69) is 4.99 Å². The summed E-state index contributed by atoms with van der Waals surface area (Å²) in [6.45, 7) is 0. The lowest BCUT2D eigenvalue weighted by Gasteiger charge is -2.10. The van der Waals surface area contributed by atoms with Gasteiger partial charge in [-0.3, -0.25) is 0 Å². The average molecular weight is 287 g/mol. The Labute approximate surface area is 105 Å². The molecule has 0 aliphatic rings. The second-order valence-electron chi connectivity index (χ2n) is 3.06. The molecule has 0 saturated carbocycles. The molecular formula is C9H7Cl2F3N2O. The number of alkyl halides is 4. The number of halogens is 5. The summed E-state index contributed by atoms with van der Waals surface area (Å²) in [6, 6.07) is 1.17. The second kappa shape index (κ2) is 5.01. The first-order valence-electron chi connectivity index (χ1n) is 4.24. The normalized spacial score (nSPS) is 12.9. The maximum absolute atomic E-state index is 12.4. The Balaban J connectivity index is 3.30. The Morgan fingerprint density at radius 2 is 2.00 bits per heavy atom. The van der Waals surface area contributed by atoms with Gasteiger partial charge in [0.2, 0.25) is 0 Å². The van der Waals surface area contributed by atoms with Gasteiger partial charge in [0, 0.05) is 0 Å². The molecule has 8 heteroatoms. The molecule has 0 aromatic heterocycles. The van der Waals surface area contributed by atoms with Gasteiger partial charge in [0.05, 0.1) is 16.5 Å². The summed E-state index contributed by atoms with van der Waals surface area (Å²) in [7, 11) is 0. The Hall–Kier alpha value is -1.14. The van der Waals surface area contributed by atoms with Gasteiger partial charge in [-0.25, -0.2) is 4.99 Å². The van der Waals surface area contributed by atoms with E-state index in [1.807, 2.05) is 0 Å². The number of nitrogens with zero attached hydrogens (tertiary/aromatic N) is 1. The van der Waals surface area contributed by atoms with E-state index in [0.29, 0.717) is 12.1 Å². The molecule has 0 fully saturated rings. The van der Waals surface area contributed by atoms with Gasteiger partial charge < -0.3 is 10.8 Å². The number of hydrogen-bond donors (Lipinski definition) is 2. The fraction of sp³-hybridized carbons (Fsp3) is 0.222. The Morgan fingerprint density at radius 3 is 2.41 bits per heavy atom. The van der Waals surface area contributed by atoms with Crippen molar-refractivity contribution in [3.63, 3.8) is 0 Å². The van der Waals surface area contributed by atoms with Crippen LogP contribution < -0.4 is 5.73 Å². The van der Waals surface area contributed by atoms with E-state index in [4.69, 9.17) is 28.9 Å². The average Bonchev–Trinajstić information content (AvgIpc) is 2.21. The molecule has 0 atom stereocenters. The summed E-state index contributed by atoms with van der Waals surface area (Å²) < 4.78 is 37.1. The van der Waals surface area contributed by atoms with Gasteiger partial charge in [-0.05, 0) is 12.1 Å². The van der Waals surface area contributed by atoms with E-state index in [1.165, 1.54) is 0 Å². The highest BCUT2D eigenvalue weighted by molar-refractivity contribution is 6.34. The fourth-order valence-corrected chi connectivity index (χ4v) is 1.35. The predicted molar refractivity (Wildman–Crippen MR) is 60.1 cm³/mol.